The number of nitrogens with zero attached hydrogens (tertiary/aromatic N) is 5. The van der Waals surface area contributed by atoms with Crippen LogP contribution in [0.15, 0.2) is 71.5 Å². The molecule has 0 radical (unpaired) electrons. The predicted molar refractivity (Wildman–Crippen MR) is 195 cm³/mol. The number of hydrogen-bond acceptors (Lipinski definition) is 7. The van der Waals surface area contributed by atoms with Crippen molar-refractivity contribution in [3.05, 3.63) is 98.5 Å². The molecule has 4 aromatic rings. The van der Waals surface area contributed by atoms with Crippen LogP contribution in [0.3, 0.4) is 0 Å². The van der Waals surface area contributed by atoms with Crippen LogP contribution in [0.25, 0.3) is 16.6 Å². The van der Waals surface area contributed by atoms with Crippen LogP contribution >= 0.6 is 23.2 Å². The fourth-order valence-electron chi connectivity index (χ4n) is 5.34. The van der Waals surface area contributed by atoms with Gasteiger partial charge in [0.15, 0.2) is 0 Å². The number of fused-ring (bicyclic) bond motifs is 1. The smallest absolute Gasteiger partial charge is 0.410 e. The second kappa shape index (κ2) is 16.5. The molecular formula is C37H45Cl2N5O5. The van der Waals surface area contributed by atoms with Gasteiger partial charge in [-0.15, -0.1) is 0 Å². The second-order valence-corrected chi connectivity index (χ2v) is 13.9. The number of halogens is 2. The molecule has 0 aliphatic heterocycles. The number of para-hydroxylation sites is 1. The summed E-state index contributed by atoms with van der Waals surface area (Å²) in [5, 5.41) is 1.18. The third kappa shape index (κ3) is 9.97. The molecule has 12 heteroatoms. The fraction of sp³-hybridized carbons (Fsp3) is 0.405. The quantitative estimate of drug-likeness (QED) is 0.147. The molecule has 1 heterocycles. The summed E-state index contributed by atoms with van der Waals surface area (Å²) in [6, 6.07) is 18.7. The minimum atomic E-state index is -0.732. The Bertz CT molecular complexity index is 1820. The first kappa shape index (κ1) is 37.7. The van der Waals surface area contributed by atoms with Crippen LogP contribution in [0.1, 0.15) is 51.5 Å². The minimum absolute atomic E-state index is 0.0313. The zero-order valence-electron chi connectivity index (χ0n) is 29.2. The highest BCUT2D eigenvalue weighted by atomic mass is 35.5. The SMILES string of the molecule is CCOc1ccc(-n2c(C(CCN(C)C(=O)OC(C)(C)C)N(CCN(C)C)C(=O)Cc3ccc(Cl)c(Cl)c3)nc3ccccc3c2=O)cc1. The van der Waals surface area contributed by atoms with Gasteiger partial charge in [-0.05, 0) is 102 Å². The van der Waals surface area contributed by atoms with Crippen molar-refractivity contribution in [2.45, 2.75) is 52.2 Å². The highest BCUT2D eigenvalue weighted by molar-refractivity contribution is 6.42. The first-order chi connectivity index (χ1) is 23.2. The van der Waals surface area contributed by atoms with Crippen molar-refractivity contribution in [2.24, 2.45) is 0 Å². The van der Waals surface area contributed by atoms with Crippen molar-refractivity contribution >= 4 is 46.1 Å². The molecular weight excluding hydrogens is 665 g/mol. The number of benzene rings is 3. The van der Waals surface area contributed by atoms with E-state index in [1.54, 1.807) is 97.9 Å². The first-order valence-corrected chi connectivity index (χ1v) is 17.0. The molecule has 49 heavy (non-hydrogen) atoms. The maximum Gasteiger partial charge on any atom is 0.410 e. The molecule has 0 N–H and O–H groups in total. The number of amides is 2. The molecule has 1 unspecified atom stereocenters. The maximum atomic E-state index is 14.4. The monoisotopic (exact) mass is 709 g/mol. The van der Waals surface area contributed by atoms with Gasteiger partial charge in [-0.1, -0.05) is 41.4 Å². The summed E-state index contributed by atoms with van der Waals surface area (Å²) < 4.78 is 12.8. The summed E-state index contributed by atoms with van der Waals surface area (Å²) in [4.78, 5) is 52.1. The summed E-state index contributed by atoms with van der Waals surface area (Å²) in [5.41, 5.74) is 0.789. The number of carbonyl (C=O) groups excluding carboxylic acids is 2. The molecule has 3 aromatic carbocycles. The van der Waals surface area contributed by atoms with Crippen LogP contribution in [-0.4, -0.2) is 89.2 Å². The molecule has 0 spiro atoms. The normalized spacial score (nSPS) is 12.2. The number of carbonyl (C=O) groups is 2. The van der Waals surface area contributed by atoms with Gasteiger partial charge in [-0.3, -0.25) is 14.2 Å². The van der Waals surface area contributed by atoms with Gasteiger partial charge in [0.1, 0.15) is 17.2 Å². The Morgan fingerprint density at radius 3 is 2.24 bits per heavy atom. The highest BCUT2D eigenvalue weighted by Gasteiger charge is 2.32. The van der Waals surface area contributed by atoms with Crippen LogP contribution in [0.4, 0.5) is 4.79 Å². The molecule has 0 saturated heterocycles. The van der Waals surface area contributed by atoms with E-state index in [0.717, 1.165) is 0 Å². The van der Waals surface area contributed by atoms with Gasteiger partial charge < -0.3 is 24.2 Å². The minimum Gasteiger partial charge on any atom is -0.494 e. The van der Waals surface area contributed by atoms with Crippen molar-refractivity contribution in [1.82, 2.24) is 24.3 Å². The first-order valence-electron chi connectivity index (χ1n) is 16.3. The van der Waals surface area contributed by atoms with Gasteiger partial charge in [0.25, 0.3) is 5.56 Å². The summed E-state index contributed by atoms with van der Waals surface area (Å²) in [6.07, 6.45) is -0.203. The van der Waals surface area contributed by atoms with Crippen LogP contribution in [0.5, 0.6) is 5.75 Å². The van der Waals surface area contributed by atoms with E-state index in [-0.39, 0.29) is 30.9 Å². The number of ether oxygens (including phenoxy) is 2. The van der Waals surface area contributed by atoms with Crippen LogP contribution < -0.4 is 10.3 Å². The molecule has 0 aliphatic rings. The van der Waals surface area contributed by atoms with Crippen molar-refractivity contribution in [2.75, 3.05) is 47.4 Å². The molecule has 1 atom stereocenters. The lowest BCUT2D eigenvalue weighted by molar-refractivity contribution is -0.133. The van der Waals surface area contributed by atoms with Gasteiger partial charge in [0, 0.05) is 26.7 Å². The Labute approximate surface area is 298 Å². The standard InChI is InChI=1S/C37H45Cl2N5O5/c1-8-48-27-16-14-26(15-17-27)44-34(40-31-12-10-9-11-28(31)35(44)46)32(19-20-42(7)36(47)49-37(2,3)4)43(22-21-41(5)6)33(45)24-25-13-18-29(38)30(39)23-25/h9-18,23,32H,8,19-22,24H2,1-7H3. The van der Waals surface area contributed by atoms with Crippen LogP contribution in [0, 0.1) is 0 Å². The Kier molecular flexibility index (Phi) is 12.7. The second-order valence-electron chi connectivity index (χ2n) is 13.1. The predicted octanol–water partition coefficient (Wildman–Crippen LogP) is 7.02. The molecule has 0 saturated carbocycles. The molecule has 0 bridgehead atoms. The average Bonchev–Trinajstić information content (AvgIpc) is 3.04. The van der Waals surface area contributed by atoms with Gasteiger partial charge in [-0.25, -0.2) is 9.78 Å². The van der Waals surface area contributed by atoms with E-state index < -0.39 is 17.7 Å². The zero-order valence-corrected chi connectivity index (χ0v) is 30.7. The molecule has 0 fully saturated rings. The third-order valence-corrected chi connectivity index (χ3v) is 8.51. The Morgan fingerprint density at radius 1 is 0.918 bits per heavy atom. The van der Waals surface area contributed by atoms with E-state index in [9.17, 15) is 14.4 Å². The molecule has 1 aromatic heterocycles. The number of aromatic nitrogens is 2. The van der Waals surface area contributed by atoms with Crippen molar-refractivity contribution in [3.63, 3.8) is 0 Å². The van der Waals surface area contributed by atoms with E-state index in [1.165, 1.54) is 4.90 Å². The lowest BCUT2D eigenvalue weighted by Crippen LogP contribution is -2.44. The summed E-state index contributed by atoms with van der Waals surface area (Å²) >= 11 is 12.5. The summed E-state index contributed by atoms with van der Waals surface area (Å²) in [5.74, 6) is 0.826. The van der Waals surface area contributed by atoms with Crippen molar-refractivity contribution < 1.29 is 19.1 Å². The Morgan fingerprint density at radius 2 is 1.61 bits per heavy atom. The molecule has 2 amide bonds. The topological polar surface area (TPSA) is 97.2 Å². The lowest BCUT2D eigenvalue weighted by atomic mass is 10.1. The van der Waals surface area contributed by atoms with Crippen LogP contribution in [0.2, 0.25) is 10.0 Å². The van der Waals surface area contributed by atoms with Crippen molar-refractivity contribution in [1.29, 1.82) is 0 Å². The van der Waals surface area contributed by atoms with E-state index in [4.69, 9.17) is 37.7 Å². The van der Waals surface area contributed by atoms with E-state index >= 15 is 0 Å². The Hall–Kier alpha value is -4.12. The van der Waals surface area contributed by atoms with Gasteiger partial charge in [0.05, 0.1) is 45.7 Å². The Balaban J connectivity index is 1.90. The van der Waals surface area contributed by atoms with E-state index in [1.807, 2.05) is 32.0 Å². The number of likely N-dealkylation sites (N-methyl/N-ethyl adjacent to an activating group) is 1. The molecule has 0 aliphatic carbocycles. The largest absolute Gasteiger partial charge is 0.494 e. The molecule has 262 valence electrons. The van der Waals surface area contributed by atoms with E-state index in [2.05, 4.69) is 0 Å². The highest BCUT2D eigenvalue weighted by Crippen LogP contribution is 2.29. The summed E-state index contributed by atoms with van der Waals surface area (Å²) in [7, 11) is 5.51. The molecule has 4 rings (SSSR count). The fourth-order valence-corrected chi connectivity index (χ4v) is 5.66. The zero-order chi connectivity index (χ0) is 35.9. The average molecular weight is 711 g/mol. The van der Waals surface area contributed by atoms with Gasteiger partial charge in [0.2, 0.25) is 5.91 Å². The lowest BCUT2D eigenvalue weighted by Gasteiger charge is -2.35. The summed E-state index contributed by atoms with van der Waals surface area (Å²) in [6.45, 7) is 8.88. The third-order valence-electron chi connectivity index (χ3n) is 7.77. The molecule has 10 nitrogen and oxygen atoms in total. The van der Waals surface area contributed by atoms with Crippen LogP contribution in [-0.2, 0) is 16.0 Å². The van der Waals surface area contributed by atoms with Crippen molar-refractivity contribution in [3.8, 4) is 11.4 Å². The van der Waals surface area contributed by atoms with Gasteiger partial charge >= 0.3 is 6.09 Å². The maximum absolute atomic E-state index is 14.4. The number of hydrogen-bond donors (Lipinski definition) is 0. The number of rotatable bonds is 13. The van der Waals surface area contributed by atoms with E-state index in [0.29, 0.717) is 63.5 Å². The van der Waals surface area contributed by atoms with Gasteiger partial charge in [-0.2, -0.15) is 0 Å².